The summed E-state index contributed by atoms with van der Waals surface area (Å²) < 4.78 is 4.92. The molecule has 0 fully saturated rings. The fourth-order valence-electron chi connectivity index (χ4n) is 1.97. The number of aromatic nitrogens is 1. The lowest BCUT2D eigenvalue weighted by molar-refractivity contribution is -0.143. The molecule has 0 bridgehead atoms. The summed E-state index contributed by atoms with van der Waals surface area (Å²) in [5.41, 5.74) is 2.20. The van der Waals surface area contributed by atoms with E-state index in [4.69, 9.17) is 4.74 Å². The number of carbonyl (C=O) groups is 1. The highest BCUT2D eigenvalue weighted by Crippen LogP contribution is 2.21. The third-order valence-electron chi connectivity index (χ3n) is 3.02. The normalized spacial score (nSPS) is 10.4. The van der Waals surface area contributed by atoms with Crippen molar-refractivity contribution < 1.29 is 9.53 Å². The largest absolute Gasteiger partial charge is 0.466 e. The van der Waals surface area contributed by atoms with Crippen LogP contribution in [0.5, 0.6) is 0 Å². The highest BCUT2D eigenvalue weighted by molar-refractivity contribution is 7.13. The maximum absolute atomic E-state index is 11.3. The van der Waals surface area contributed by atoms with Gasteiger partial charge < -0.3 is 9.64 Å². The topological polar surface area (TPSA) is 42.4 Å². The lowest BCUT2D eigenvalue weighted by Gasteiger charge is -2.15. The number of nitrogens with zero attached hydrogens (tertiary/aromatic N) is 2. The molecule has 5 heteroatoms. The van der Waals surface area contributed by atoms with E-state index in [1.807, 2.05) is 37.6 Å². The van der Waals surface area contributed by atoms with E-state index in [2.05, 4.69) is 22.0 Å². The van der Waals surface area contributed by atoms with Gasteiger partial charge in [-0.2, -0.15) is 0 Å². The number of ether oxygens (including phenoxy) is 1. The summed E-state index contributed by atoms with van der Waals surface area (Å²) in [6.45, 7) is 3.07. The zero-order valence-corrected chi connectivity index (χ0v) is 13.2. The molecule has 1 aromatic heterocycles. The Labute approximate surface area is 129 Å². The molecule has 0 amide bonds. The van der Waals surface area contributed by atoms with E-state index in [0.29, 0.717) is 19.4 Å². The Balaban J connectivity index is 1.88. The van der Waals surface area contributed by atoms with Gasteiger partial charge >= 0.3 is 5.97 Å². The van der Waals surface area contributed by atoms with E-state index in [0.717, 1.165) is 17.4 Å². The van der Waals surface area contributed by atoms with Gasteiger partial charge in [0.2, 0.25) is 0 Å². The van der Waals surface area contributed by atoms with Crippen LogP contribution < -0.4 is 4.90 Å². The van der Waals surface area contributed by atoms with Crippen LogP contribution in [0.4, 0.5) is 5.13 Å². The van der Waals surface area contributed by atoms with Crippen molar-refractivity contribution in [1.82, 2.24) is 4.98 Å². The average Bonchev–Trinajstić information content (AvgIpc) is 2.95. The third-order valence-corrected chi connectivity index (χ3v) is 4.02. The molecular formula is C16H20N2O2S. The number of aryl methyl sites for hydroxylation is 1. The molecule has 2 rings (SSSR count). The van der Waals surface area contributed by atoms with Crippen molar-refractivity contribution in [1.29, 1.82) is 0 Å². The minimum absolute atomic E-state index is 0.162. The molecule has 0 saturated carbocycles. The van der Waals surface area contributed by atoms with Gasteiger partial charge in [0, 0.05) is 25.4 Å². The average molecular weight is 304 g/mol. The first-order chi connectivity index (χ1) is 10.2. The summed E-state index contributed by atoms with van der Waals surface area (Å²) >= 11 is 1.60. The van der Waals surface area contributed by atoms with E-state index in [-0.39, 0.29) is 5.97 Å². The Morgan fingerprint density at radius 1 is 1.33 bits per heavy atom. The van der Waals surface area contributed by atoms with Gasteiger partial charge in [0.05, 0.1) is 18.7 Å². The minimum Gasteiger partial charge on any atom is -0.466 e. The molecular weight excluding hydrogens is 284 g/mol. The highest BCUT2D eigenvalue weighted by Gasteiger charge is 2.09. The predicted molar refractivity (Wildman–Crippen MR) is 85.6 cm³/mol. The molecule has 0 aliphatic heterocycles. The van der Waals surface area contributed by atoms with Crippen molar-refractivity contribution in [2.24, 2.45) is 0 Å². The molecule has 0 aliphatic rings. The molecule has 0 radical (unpaired) electrons. The van der Waals surface area contributed by atoms with Crippen LogP contribution in [-0.4, -0.2) is 24.6 Å². The third kappa shape index (κ3) is 4.86. The standard InChI is InChI=1S/C16H20N2O2S/c1-3-20-15(19)10-9-14-12-21-16(17-14)18(2)11-13-7-5-4-6-8-13/h4-8,12H,3,9-11H2,1-2H3. The second-order valence-electron chi connectivity index (χ2n) is 4.77. The van der Waals surface area contributed by atoms with Crippen LogP contribution >= 0.6 is 11.3 Å². The summed E-state index contributed by atoms with van der Waals surface area (Å²) in [6.07, 6.45) is 1.02. The number of rotatable bonds is 7. The molecule has 0 unspecified atom stereocenters. The quantitative estimate of drug-likeness (QED) is 0.736. The van der Waals surface area contributed by atoms with Gasteiger partial charge in [-0.1, -0.05) is 30.3 Å². The van der Waals surface area contributed by atoms with Crippen molar-refractivity contribution in [3.63, 3.8) is 0 Å². The molecule has 21 heavy (non-hydrogen) atoms. The van der Waals surface area contributed by atoms with Crippen molar-refractivity contribution in [3.05, 3.63) is 47.0 Å². The lowest BCUT2D eigenvalue weighted by atomic mass is 10.2. The van der Waals surface area contributed by atoms with Crippen LogP contribution in [0.3, 0.4) is 0 Å². The Morgan fingerprint density at radius 3 is 2.81 bits per heavy atom. The van der Waals surface area contributed by atoms with Crippen LogP contribution in [0.25, 0.3) is 0 Å². The van der Waals surface area contributed by atoms with Crippen LogP contribution in [0.2, 0.25) is 0 Å². The number of anilines is 1. The summed E-state index contributed by atoms with van der Waals surface area (Å²) in [5.74, 6) is -0.162. The maximum Gasteiger partial charge on any atom is 0.306 e. The van der Waals surface area contributed by atoms with E-state index in [1.54, 1.807) is 11.3 Å². The molecule has 4 nitrogen and oxygen atoms in total. The van der Waals surface area contributed by atoms with Gasteiger partial charge in [0.1, 0.15) is 0 Å². The molecule has 0 atom stereocenters. The molecule has 0 saturated heterocycles. The van der Waals surface area contributed by atoms with Crippen LogP contribution in [0, 0.1) is 0 Å². The summed E-state index contributed by atoms with van der Waals surface area (Å²) in [4.78, 5) is 18.0. The molecule has 0 aliphatic carbocycles. The van der Waals surface area contributed by atoms with E-state index in [1.165, 1.54) is 5.56 Å². The summed E-state index contributed by atoms with van der Waals surface area (Å²) in [5, 5.41) is 2.98. The van der Waals surface area contributed by atoms with Crippen molar-refractivity contribution in [3.8, 4) is 0 Å². The number of thiazole rings is 1. The molecule has 2 aromatic rings. The second kappa shape index (κ2) is 7.78. The van der Waals surface area contributed by atoms with Gasteiger partial charge in [-0.15, -0.1) is 11.3 Å². The second-order valence-corrected chi connectivity index (χ2v) is 5.60. The van der Waals surface area contributed by atoms with Crippen molar-refractivity contribution in [2.75, 3.05) is 18.6 Å². The Bertz CT molecular complexity index is 569. The van der Waals surface area contributed by atoms with Gasteiger partial charge in [-0.05, 0) is 12.5 Å². The summed E-state index contributed by atoms with van der Waals surface area (Å²) in [7, 11) is 2.03. The number of hydrogen-bond donors (Lipinski definition) is 0. The fourth-order valence-corrected chi connectivity index (χ4v) is 2.80. The van der Waals surface area contributed by atoms with E-state index in [9.17, 15) is 4.79 Å². The molecule has 1 aromatic carbocycles. The Morgan fingerprint density at radius 2 is 2.10 bits per heavy atom. The Kier molecular flexibility index (Phi) is 5.75. The first-order valence-electron chi connectivity index (χ1n) is 7.04. The van der Waals surface area contributed by atoms with Crippen molar-refractivity contribution >= 4 is 22.4 Å². The van der Waals surface area contributed by atoms with Crippen LogP contribution in [0.1, 0.15) is 24.6 Å². The number of hydrogen-bond acceptors (Lipinski definition) is 5. The first-order valence-corrected chi connectivity index (χ1v) is 7.92. The van der Waals surface area contributed by atoms with Gasteiger partial charge in [-0.25, -0.2) is 4.98 Å². The molecule has 1 heterocycles. The minimum atomic E-state index is -0.162. The first kappa shape index (κ1) is 15.5. The van der Waals surface area contributed by atoms with Gasteiger partial charge in [0.25, 0.3) is 0 Å². The number of benzene rings is 1. The number of esters is 1. The molecule has 112 valence electrons. The van der Waals surface area contributed by atoms with Gasteiger partial charge in [-0.3, -0.25) is 4.79 Å². The maximum atomic E-state index is 11.3. The van der Waals surface area contributed by atoms with Crippen molar-refractivity contribution in [2.45, 2.75) is 26.3 Å². The monoisotopic (exact) mass is 304 g/mol. The van der Waals surface area contributed by atoms with Crippen LogP contribution in [-0.2, 0) is 22.5 Å². The highest BCUT2D eigenvalue weighted by atomic mass is 32.1. The van der Waals surface area contributed by atoms with Crippen LogP contribution in [0.15, 0.2) is 35.7 Å². The predicted octanol–water partition coefficient (Wildman–Crippen LogP) is 3.28. The lowest BCUT2D eigenvalue weighted by Crippen LogP contribution is -2.16. The van der Waals surface area contributed by atoms with E-state index < -0.39 is 0 Å². The van der Waals surface area contributed by atoms with Gasteiger partial charge in [0.15, 0.2) is 5.13 Å². The number of carbonyl (C=O) groups excluding carboxylic acids is 1. The smallest absolute Gasteiger partial charge is 0.306 e. The SMILES string of the molecule is CCOC(=O)CCc1csc(N(C)Cc2ccccc2)n1. The Hall–Kier alpha value is -1.88. The zero-order valence-electron chi connectivity index (χ0n) is 12.4. The molecule has 0 spiro atoms. The fraction of sp³-hybridized carbons (Fsp3) is 0.375. The zero-order chi connectivity index (χ0) is 15.1. The van der Waals surface area contributed by atoms with E-state index >= 15 is 0 Å². The summed E-state index contributed by atoms with van der Waals surface area (Å²) in [6, 6.07) is 10.3. The molecule has 0 N–H and O–H groups in total.